The molecular weight excluding hydrogens is 344 g/mol. The second-order valence-corrected chi connectivity index (χ2v) is 7.33. The van der Waals surface area contributed by atoms with Gasteiger partial charge in [0.25, 0.3) is 0 Å². The number of benzene rings is 1. The van der Waals surface area contributed by atoms with E-state index in [1.54, 1.807) is 0 Å². The van der Waals surface area contributed by atoms with E-state index in [4.69, 9.17) is 9.47 Å². The van der Waals surface area contributed by atoms with Crippen molar-refractivity contribution in [2.24, 2.45) is 0 Å². The average molecular weight is 374 g/mol. The van der Waals surface area contributed by atoms with E-state index in [9.17, 15) is 4.79 Å². The summed E-state index contributed by atoms with van der Waals surface area (Å²) in [7, 11) is 0. The van der Waals surface area contributed by atoms with Crippen LogP contribution < -0.4 is 14.4 Å². The minimum atomic E-state index is 0.207. The topological polar surface area (TPSA) is 48.5 Å². The number of ether oxygens (including phenoxy) is 2. The molecule has 1 aromatic rings. The Hall–Kier alpha value is -2.15. The van der Waals surface area contributed by atoms with Gasteiger partial charge in [-0.2, -0.15) is 0 Å². The van der Waals surface area contributed by atoms with Gasteiger partial charge < -0.3 is 24.2 Å². The van der Waals surface area contributed by atoms with Crippen molar-refractivity contribution in [2.75, 3.05) is 77.0 Å². The number of amides is 2. The van der Waals surface area contributed by atoms with Crippen molar-refractivity contribution in [3.8, 4) is 11.5 Å². The van der Waals surface area contributed by atoms with Gasteiger partial charge in [-0.05, 0) is 32.0 Å². The van der Waals surface area contributed by atoms with Crippen LogP contribution in [0, 0.1) is 0 Å². The Bertz CT molecular complexity index is 661. The van der Waals surface area contributed by atoms with Gasteiger partial charge in [-0.15, -0.1) is 0 Å². The summed E-state index contributed by atoms with van der Waals surface area (Å²) in [5, 5.41) is 0. The van der Waals surface area contributed by atoms with Gasteiger partial charge in [0.05, 0.1) is 5.69 Å². The fourth-order valence-electron chi connectivity index (χ4n) is 4.14. The van der Waals surface area contributed by atoms with E-state index in [2.05, 4.69) is 15.9 Å². The number of carbonyl (C=O) groups excluding carboxylic acids is 1. The van der Waals surface area contributed by atoms with Gasteiger partial charge in [-0.3, -0.25) is 4.90 Å². The summed E-state index contributed by atoms with van der Waals surface area (Å²) in [5.41, 5.74) is 1.15. The van der Waals surface area contributed by atoms with E-state index in [1.165, 1.54) is 0 Å². The number of urea groups is 1. The number of likely N-dealkylation sites (N-methyl/N-ethyl adjacent to an activating group) is 1. The van der Waals surface area contributed by atoms with Crippen molar-refractivity contribution in [3.63, 3.8) is 0 Å². The van der Waals surface area contributed by atoms with Crippen LogP contribution in [-0.4, -0.2) is 92.8 Å². The fraction of sp³-hybridized carbons (Fsp3) is 0.650. The highest BCUT2D eigenvalue weighted by Gasteiger charge is 2.27. The highest BCUT2D eigenvalue weighted by Crippen LogP contribution is 2.39. The Kier molecular flexibility index (Phi) is 5.57. The van der Waals surface area contributed by atoms with Crippen LogP contribution in [0.5, 0.6) is 11.5 Å². The molecule has 0 radical (unpaired) electrons. The van der Waals surface area contributed by atoms with Crippen LogP contribution in [0.2, 0.25) is 0 Å². The molecule has 3 heterocycles. The SMILES string of the molecule is CCN1CCN(CCCN2CCN(c3cccc4c3OCCO4)CC2)C1=O. The second kappa shape index (κ2) is 8.25. The lowest BCUT2D eigenvalue weighted by Crippen LogP contribution is -2.47. The maximum absolute atomic E-state index is 12.1. The van der Waals surface area contributed by atoms with Gasteiger partial charge in [-0.1, -0.05) is 6.07 Å². The first-order valence-corrected chi connectivity index (χ1v) is 10.2. The predicted molar refractivity (Wildman–Crippen MR) is 105 cm³/mol. The molecule has 4 rings (SSSR count). The molecule has 0 bridgehead atoms. The number of piperazine rings is 1. The van der Waals surface area contributed by atoms with Gasteiger partial charge in [0.1, 0.15) is 13.2 Å². The lowest BCUT2D eigenvalue weighted by atomic mass is 10.2. The normalized spacial score (nSPS) is 20.5. The first-order valence-electron chi connectivity index (χ1n) is 10.2. The zero-order valence-corrected chi connectivity index (χ0v) is 16.2. The van der Waals surface area contributed by atoms with Crippen molar-refractivity contribution < 1.29 is 14.3 Å². The minimum absolute atomic E-state index is 0.207. The molecule has 0 spiro atoms. The second-order valence-electron chi connectivity index (χ2n) is 7.33. The Balaban J connectivity index is 1.24. The van der Waals surface area contributed by atoms with Gasteiger partial charge in [0.2, 0.25) is 0 Å². The molecule has 2 fully saturated rings. The van der Waals surface area contributed by atoms with Crippen molar-refractivity contribution >= 4 is 11.7 Å². The monoisotopic (exact) mass is 374 g/mol. The Morgan fingerprint density at radius 1 is 0.926 bits per heavy atom. The number of para-hydroxylation sites is 1. The van der Waals surface area contributed by atoms with Crippen molar-refractivity contribution in [2.45, 2.75) is 13.3 Å². The Morgan fingerprint density at radius 2 is 1.70 bits per heavy atom. The smallest absolute Gasteiger partial charge is 0.320 e. The summed E-state index contributed by atoms with van der Waals surface area (Å²) in [6.45, 7) is 11.8. The van der Waals surface area contributed by atoms with Gasteiger partial charge in [-0.25, -0.2) is 4.79 Å². The zero-order valence-electron chi connectivity index (χ0n) is 16.2. The van der Waals surface area contributed by atoms with Crippen molar-refractivity contribution in [3.05, 3.63) is 18.2 Å². The summed E-state index contributed by atoms with van der Waals surface area (Å²) in [6, 6.07) is 6.36. The molecule has 2 amide bonds. The minimum Gasteiger partial charge on any atom is -0.486 e. The number of rotatable bonds is 6. The third-order valence-electron chi connectivity index (χ3n) is 5.72. The molecule has 7 heteroatoms. The van der Waals surface area contributed by atoms with Crippen LogP contribution >= 0.6 is 0 Å². The molecule has 7 nitrogen and oxygen atoms in total. The molecule has 0 aromatic heterocycles. The van der Waals surface area contributed by atoms with Crippen molar-refractivity contribution in [1.82, 2.24) is 14.7 Å². The zero-order chi connectivity index (χ0) is 18.6. The average Bonchev–Trinajstić information content (AvgIpc) is 3.08. The van der Waals surface area contributed by atoms with E-state index in [1.807, 2.05) is 28.9 Å². The summed E-state index contributed by atoms with van der Waals surface area (Å²) >= 11 is 0. The number of hydrogen-bond donors (Lipinski definition) is 0. The maximum atomic E-state index is 12.1. The van der Waals surface area contributed by atoms with Gasteiger partial charge in [0, 0.05) is 52.4 Å². The molecule has 0 unspecified atom stereocenters. The molecule has 148 valence electrons. The highest BCUT2D eigenvalue weighted by atomic mass is 16.6. The number of nitrogens with zero attached hydrogens (tertiary/aromatic N) is 4. The molecule has 0 saturated carbocycles. The molecule has 3 aliphatic heterocycles. The molecule has 0 aliphatic carbocycles. The maximum Gasteiger partial charge on any atom is 0.320 e. The van der Waals surface area contributed by atoms with Crippen molar-refractivity contribution in [1.29, 1.82) is 0 Å². The van der Waals surface area contributed by atoms with Gasteiger partial charge in [0.15, 0.2) is 11.5 Å². The van der Waals surface area contributed by atoms with E-state index >= 15 is 0 Å². The molecule has 0 N–H and O–H groups in total. The van der Waals surface area contributed by atoms with Crippen LogP contribution in [0.3, 0.4) is 0 Å². The van der Waals surface area contributed by atoms with E-state index in [0.29, 0.717) is 13.2 Å². The summed E-state index contributed by atoms with van der Waals surface area (Å²) < 4.78 is 11.6. The van der Waals surface area contributed by atoms with Crippen LogP contribution in [0.15, 0.2) is 18.2 Å². The molecule has 27 heavy (non-hydrogen) atoms. The largest absolute Gasteiger partial charge is 0.486 e. The van der Waals surface area contributed by atoms with Crippen LogP contribution in [0.25, 0.3) is 0 Å². The summed E-state index contributed by atoms with van der Waals surface area (Å²) in [4.78, 5) is 21.0. The third-order valence-corrected chi connectivity index (χ3v) is 5.72. The number of hydrogen-bond acceptors (Lipinski definition) is 5. The predicted octanol–water partition coefficient (Wildman–Crippen LogP) is 1.73. The lowest BCUT2D eigenvalue weighted by molar-refractivity contribution is 0.171. The molecule has 0 atom stereocenters. The first-order chi connectivity index (χ1) is 13.3. The first kappa shape index (κ1) is 18.2. The van der Waals surface area contributed by atoms with Crippen LogP contribution in [-0.2, 0) is 0 Å². The number of carbonyl (C=O) groups is 1. The summed E-state index contributed by atoms with van der Waals surface area (Å²) in [6.07, 6.45) is 1.04. The number of anilines is 1. The third kappa shape index (κ3) is 3.93. The van der Waals surface area contributed by atoms with Crippen LogP contribution in [0.1, 0.15) is 13.3 Å². The molecule has 1 aromatic carbocycles. The van der Waals surface area contributed by atoms with E-state index in [-0.39, 0.29) is 6.03 Å². The Morgan fingerprint density at radius 3 is 2.48 bits per heavy atom. The lowest BCUT2D eigenvalue weighted by Gasteiger charge is -2.37. The molecular formula is C20H30N4O3. The fourth-order valence-corrected chi connectivity index (χ4v) is 4.14. The van der Waals surface area contributed by atoms with E-state index in [0.717, 1.165) is 82.5 Å². The number of fused-ring (bicyclic) bond motifs is 1. The quantitative estimate of drug-likeness (QED) is 0.759. The standard InChI is InChI=1S/C20H30N4O3/c1-2-22-13-14-24(20(22)25)8-4-7-21-9-11-23(12-10-21)17-5-3-6-18-19(17)27-16-15-26-18/h3,5-6H,2,4,7-16H2,1H3. The van der Waals surface area contributed by atoms with Gasteiger partial charge >= 0.3 is 6.03 Å². The van der Waals surface area contributed by atoms with Crippen LogP contribution in [0.4, 0.5) is 10.5 Å². The Labute approximate surface area is 161 Å². The molecule has 2 saturated heterocycles. The molecule has 3 aliphatic rings. The highest BCUT2D eigenvalue weighted by molar-refractivity contribution is 5.76. The summed E-state index contributed by atoms with van der Waals surface area (Å²) in [5.74, 6) is 1.75. The van der Waals surface area contributed by atoms with E-state index < -0.39 is 0 Å².